The molecule has 0 bridgehead atoms. The molecule has 0 saturated heterocycles. The van der Waals surface area contributed by atoms with Gasteiger partial charge in [0.25, 0.3) is 0 Å². The zero-order valence-corrected chi connectivity index (χ0v) is 9.98. The smallest absolute Gasteiger partial charge is 0.112 e. The number of aromatic amines is 1. The van der Waals surface area contributed by atoms with Crippen LogP contribution in [0.5, 0.6) is 0 Å². The molecular formula is C12H9ClN2S. The molecule has 4 heteroatoms. The SMILES string of the molecule is Clc1ccc2nc(Cc3cccs3)[nH]c2c1. The van der Waals surface area contributed by atoms with Crippen molar-refractivity contribution in [2.75, 3.05) is 0 Å². The number of H-pyrrole nitrogens is 1. The normalized spacial score (nSPS) is 11.1. The fourth-order valence-electron chi connectivity index (χ4n) is 1.70. The van der Waals surface area contributed by atoms with Gasteiger partial charge in [-0.25, -0.2) is 4.98 Å². The van der Waals surface area contributed by atoms with E-state index in [4.69, 9.17) is 11.6 Å². The summed E-state index contributed by atoms with van der Waals surface area (Å²) in [6, 6.07) is 9.87. The summed E-state index contributed by atoms with van der Waals surface area (Å²) in [6.07, 6.45) is 0.851. The second kappa shape index (κ2) is 3.92. The molecule has 0 atom stereocenters. The fourth-order valence-corrected chi connectivity index (χ4v) is 2.58. The maximum atomic E-state index is 5.92. The average Bonchev–Trinajstić information content (AvgIpc) is 2.86. The minimum absolute atomic E-state index is 0.735. The molecule has 0 radical (unpaired) electrons. The zero-order chi connectivity index (χ0) is 11.0. The van der Waals surface area contributed by atoms with Crippen molar-refractivity contribution in [2.24, 2.45) is 0 Å². The first-order valence-electron chi connectivity index (χ1n) is 4.98. The predicted octanol–water partition coefficient (Wildman–Crippen LogP) is 3.87. The van der Waals surface area contributed by atoms with E-state index in [0.29, 0.717) is 0 Å². The number of nitrogens with zero attached hydrogens (tertiary/aromatic N) is 1. The van der Waals surface area contributed by atoms with E-state index in [2.05, 4.69) is 27.5 Å². The topological polar surface area (TPSA) is 28.7 Å². The Morgan fingerprint density at radius 2 is 2.25 bits per heavy atom. The summed E-state index contributed by atoms with van der Waals surface area (Å²) in [4.78, 5) is 9.12. The van der Waals surface area contributed by atoms with Crippen LogP contribution < -0.4 is 0 Å². The molecule has 3 aromatic rings. The number of hydrogen-bond acceptors (Lipinski definition) is 2. The van der Waals surface area contributed by atoms with Gasteiger partial charge in [-0.1, -0.05) is 17.7 Å². The van der Waals surface area contributed by atoms with Gasteiger partial charge < -0.3 is 4.98 Å². The molecule has 0 aliphatic rings. The first-order valence-corrected chi connectivity index (χ1v) is 6.23. The Bertz CT molecular complexity index is 613. The summed E-state index contributed by atoms with van der Waals surface area (Å²) in [7, 11) is 0. The molecule has 2 nitrogen and oxygen atoms in total. The standard InChI is InChI=1S/C12H9ClN2S/c13-8-3-4-10-11(6-8)15-12(14-10)7-9-2-1-5-16-9/h1-6H,7H2,(H,14,15). The number of hydrogen-bond donors (Lipinski definition) is 1. The molecule has 0 fully saturated rings. The van der Waals surface area contributed by atoms with Crippen LogP contribution in [0.1, 0.15) is 10.7 Å². The maximum absolute atomic E-state index is 5.92. The van der Waals surface area contributed by atoms with Crippen LogP contribution in [0.25, 0.3) is 11.0 Å². The zero-order valence-electron chi connectivity index (χ0n) is 8.40. The molecule has 2 aromatic heterocycles. The van der Waals surface area contributed by atoms with Crippen LogP contribution in [0.4, 0.5) is 0 Å². The van der Waals surface area contributed by atoms with Crippen molar-refractivity contribution in [3.63, 3.8) is 0 Å². The Morgan fingerprint density at radius 1 is 1.31 bits per heavy atom. The summed E-state index contributed by atoms with van der Waals surface area (Å²) in [6.45, 7) is 0. The number of nitrogens with one attached hydrogen (secondary N) is 1. The summed E-state index contributed by atoms with van der Waals surface area (Å²) >= 11 is 7.67. The maximum Gasteiger partial charge on any atom is 0.112 e. The van der Waals surface area contributed by atoms with Gasteiger partial charge in [0.05, 0.1) is 11.0 Å². The van der Waals surface area contributed by atoms with Gasteiger partial charge >= 0.3 is 0 Å². The van der Waals surface area contributed by atoms with Crippen LogP contribution in [0.15, 0.2) is 35.7 Å². The number of thiophene rings is 1. The van der Waals surface area contributed by atoms with Crippen LogP contribution in [0.2, 0.25) is 5.02 Å². The molecule has 80 valence electrons. The van der Waals surface area contributed by atoms with Crippen molar-refractivity contribution in [1.29, 1.82) is 0 Å². The quantitative estimate of drug-likeness (QED) is 0.733. The third kappa shape index (κ3) is 1.84. The first-order chi connectivity index (χ1) is 7.81. The van der Waals surface area contributed by atoms with Crippen LogP contribution in [-0.4, -0.2) is 9.97 Å². The number of halogens is 1. The number of benzene rings is 1. The summed E-state index contributed by atoms with van der Waals surface area (Å²) < 4.78 is 0. The van der Waals surface area contributed by atoms with Gasteiger partial charge in [0.1, 0.15) is 5.82 Å². The van der Waals surface area contributed by atoms with E-state index in [-0.39, 0.29) is 0 Å². The largest absolute Gasteiger partial charge is 0.342 e. The highest BCUT2D eigenvalue weighted by atomic mass is 35.5. The van der Waals surface area contributed by atoms with Crippen molar-refractivity contribution in [1.82, 2.24) is 9.97 Å². The summed E-state index contributed by atoms with van der Waals surface area (Å²) in [5, 5.41) is 2.81. The molecule has 1 N–H and O–H groups in total. The monoisotopic (exact) mass is 248 g/mol. The lowest BCUT2D eigenvalue weighted by molar-refractivity contribution is 1.06. The van der Waals surface area contributed by atoms with Crippen molar-refractivity contribution in [3.8, 4) is 0 Å². The van der Waals surface area contributed by atoms with E-state index in [9.17, 15) is 0 Å². The van der Waals surface area contributed by atoms with Gasteiger partial charge in [-0.2, -0.15) is 0 Å². The second-order valence-corrected chi connectivity index (χ2v) is 5.07. The van der Waals surface area contributed by atoms with Gasteiger partial charge in [-0.05, 0) is 29.6 Å². The van der Waals surface area contributed by atoms with Crippen molar-refractivity contribution >= 4 is 34.0 Å². The highest BCUT2D eigenvalue weighted by Gasteiger charge is 2.04. The van der Waals surface area contributed by atoms with Gasteiger partial charge in [0.2, 0.25) is 0 Å². The van der Waals surface area contributed by atoms with Gasteiger partial charge in [0.15, 0.2) is 0 Å². The second-order valence-electron chi connectivity index (χ2n) is 3.60. The van der Waals surface area contributed by atoms with Crippen LogP contribution in [-0.2, 0) is 6.42 Å². The van der Waals surface area contributed by atoms with E-state index in [1.165, 1.54) is 4.88 Å². The Morgan fingerprint density at radius 3 is 3.06 bits per heavy atom. The lowest BCUT2D eigenvalue weighted by Gasteiger charge is -1.90. The molecular weight excluding hydrogens is 240 g/mol. The minimum Gasteiger partial charge on any atom is -0.342 e. The third-order valence-electron chi connectivity index (χ3n) is 2.41. The molecule has 1 aromatic carbocycles. The molecule has 16 heavy (non-hydrogen) atoms. The molecule has 2 heterocycles. The lowest BCUT2D eigenvalue weighted by Crippen LogP contribution is -1.86. The first kappa shape index (κ1) is 9.87. The van der Waals surface area contributed by atoms with Gasteiger partial charge in [-0.15, -0.1) is 11.3 Å². The molecule has 0 aliphatic carbocycles. The Kier molecular flexibility index (Phi) is 2.42. The van der Waals surface area contributed by atoms with Gasteiger partial charge in [-0.3, -0.25) is 0 Å². The van der Waals surface area contributed by atoms with Crippen molar-refractivity contribution in [3.05, 3.63) is 51.4 Å². The van der Waals surface area contributed by atoms with E-state index in [0.717, 1.165) is 28.3 Å². The van der Waals surface area contributed by atoms with Gasteiger partial charge in [0, 0.05) is 16.3 Å². The highest BCUT2D eigenvalue weighted by Crippen LogP contribution is 2.19. The minimum atomic E-state index is 0.735. The third-order valence-corrected chi connectivity index (χ3v) is 3.53. The molecule has 0 saturated carbocycles. The Labute approximate surface area is 102 Å². The summed E-state index contributed by atoms with van der Waals surface area (Å²) in [5.41, 5.74) is 1.97. The van der Waals surface area contributed by atoms with Crippen molar-refractivity contribution in [2.45, 2.75) is 6.42 Å². The van der Waals surface area contributed by atoms with E-state index >= 15 is 0 Å². The number of rotatable bonds is 2. The number of imidazole rings is 1. The average molecular weight is 249 g/mol. The van der Waals surface area contributed by atoms with Crippen LogP contribution >= 0.6 is 22.9 Å². The predicted molar refractivity (Wildman–Crippen MR) is 68.2 cm³/mol. The van der Waals surface area contributed by atoms with E-state index in [1.54, 1.807) is 11.3 Å². The Hall–Kier alpha value is -1.32. The molecule has 0 amide bonds. The van der Waals surface area contributed by atoms with Crippen LogP contribution in [0.3, 0.4) is 0 Å². The van der Waals surface area contributed by atoms with Crippen molar-refractivity contribution < 1.29 is 0 Å². The highest BCUT2D eigenvalue weighted by molar-refractivity contribution is 7.09. The molecule has 0 aliphatic heterocycles. The Balaban J connectivity index is 1.99. The number of aromatic nitrogens is 2. The van der Waals surface area contributed by atoms with Crippen LogP contribution in [0, 0.1) is 0 Å². The van der Waals surface area contributed by atoms with E-state index in [1.807, 2.05) is 18.2 Å². The molecule has 3 rings (SSSR count). The molecule has 0 unspecified atom stereocenters. The van der Waals surface area contributed by atoms with E-state index < -0.39 is 0 Å². The number of fused-ring (bicyclic) bond motifs is 1. The fraction of sp³-hybridized carbons (Fsp3) is 0.0833. The lowest BCUT2D eigenvalue weighted by atomic mass is 10.3. The summed E-state index contributed by atoms with van der Waals surface area (Å²) in [5.74, 6) is 0.986. The molecule has 0 spiro atoms.